The van der Waals surface area contributed by atoms with Crippen LogP contribution in [-0.4, -0.2) is 48.8 Å². The molecule has 1 unspecified atom stereocenters. The van der Waals surface area contributed by atoms with Crippen molar-refractivity contribution in [2.75, 3.05) is 42.9 Å². The second kappa shape index (κ2) is 9.12. The number of piperazine rings is 1. The predicted octanol–water partition coefficient (Wildman–Crippen LogP) is 5.03. The Hall–Kier alpha value is -2.19. The fourth-order valence-electron chi connectivity index (χ4n) is 4.11. The number of hydrogen-bond donors (Lipinski definition) is 1. The van der Waals surface area contributed by atoms with Gasteiger partial charge in [0.05, 0.1) is 16.5 Å². The molecular weight excluding hydrogens is 423 g/mol. The lowest BCUT2D eigenvalue weighted by molar-refractivity contribution is -0.137. The minimum atomic E-state index is -4.32. The molecule has 1 amide bonds. The molecule has 1 fully saturated rings. The van der Waals surface area contributed by atoms with Crippen molar-refractivity contribution in [3.63, 3.8) is 0 Å². The average Bonchev–Trinajstić information content (AvgIpc) is 2.75. The quantitative estimate of drug-likeness (QED) is 0.695. The highest BCUT2D eigenvalue weighted by Gasteiger charge is 2.31. The number of benzene rings is 2. The topological polar surface area (TPSA) is 35.6 Å². The molecule has 1 atom stereocenters. The van der Waals surface area contributed by atoms with Crippen molar-refractivity contribution in [2.45, 2.75) is 36.1 Å². The zero-order valence-corrected chi connectivity index (χ0v) is 18.2. The maximum Gasteiger partial charge on any atom is 0.416 e. The van der Waals surface area contributed by atoms with E-state index in [0.717, 1.165) is 54.7 Å². The van der Waals surface area contributed by atoms with Gasteiger partial charge in [-0.15, -0.1) is 11.8 Å². The van der Waals surface area contributed by atoms with E-state index in [1.54, 1.807) is 17.8 Å². The summed E-state index contributed by atoms with van der Waals surface area (Å²) in [7, 11) is 0. The molecule has 0 aromatic heterocycles. The number of hydrogen-bond acceptors (Lipinski definition) is 4. The van der Waals surface area contributed by atoms with E-state index in [1.165, 1.54) is 12.1 Å². The summed E-state index contributed by atoms with van der Waals surface area (Å²) < 4.78 is 38.9. The molecule has 2 aliphatic heterocycles. The molecular formula is C23H26F3N3OS. The van der Waals surface area contributed by atoms with Crippen LogP contribution < -0.4 is 10.2 Å². The average molecular weight is 450 g/mol. The highest BCUT2D eigenvalue weighted by molar-refractivity contribution is 8.01. The van der Waals surface area contributed by atoms with Crippen LogP contribution in [0.1, 0.15) is 24.0 Å². The Morgan fingerprint density at radius 3 is 2.58 bits per heavy atom. The zero-order chi connectivity index (χ0) is 22.0. The number of amides is 1. The third kappa shape index (κ3) is 5.18. The van der Waals surface area contributed by atoms with E-state index in [-0.39, 0.29) is 11.2 Å². The Kier molecular flexibility index (Phi) is 6.48. The number of rotatable bonds is 5. The van der Waals surface area contributed by atoms with Crippen LogP contribution in [-0.2, 0) is 11.0 Å². The Bertz CT molecular complexity index is 942. The van der Waals surface area contributed by atoms with Gasteiger partial charge in [-0.1, -0.05) is 18.2 Å². The molecule has 8 heteroatoms. The molecule has 2 heterocycles. The number of halogens is 3. The Balaban J connectivity index is 1.25. The number of nitrogens with one attached hydrogen (secondary N) is 1. The number of fused-ring (bicyclic) bond motifs is 1. The number of para-hydroxylation sites is 1. The van der Waals surface area contributed by atoms with Gasteiger partial charge < -0.3 is 10.2 Å². The van der Waals surface area contributed by atoms with Crippen LogP contribution in [0.3, 0.4) is 0 Å². The molecule has 31 heavy (non-hydrogen) atoms. The molecule has 0 saturated carbocycles. The Morgan fingerprint density at radius 2 is 1.84 bits per heavy atom. The van der Waals surface area contributed by atoms with Crippen molar-refractivity contribution in [3.8, 4) is 0 Å². The fourth-order valence-corrected chi connectivity index (χ4v) is 5.35. The first-order valence-electron chi connectivity index (χ1n) is 10.5. The second-order valence-corrected chi connectivity index (χ2v) is 9.31. The number of nitrogens with zero attached hydrogens (tertiary/aromatic N) is 2. The van der Waals surface area contributed by atoms with Crippen molar-refractivity contribution in [2.24, 2.45) is 0 Å². The fraction of sp³-hybridized carbons (Fsp3) is 0.435. The smallest absolute Gasteiger partial charge is 0.369 e. The van der Waals surface area contributed by atoms with Crippen LogP contribution in [0.25, 0.3) is 0 Å². The lowest BCUT2D eigenvalue weighted by atomic mass is 10.1. The third-order valence-electron chi connectivity index (χ3n) is 5.90. The highest BCUT2D eigenvalue weighted by Crippen LogP contribution is 2.39. The van der Waals surface area contributed by atoms with E-state index in [0.29, 0.717) is 18.8 Å². The van der Waals surface area contributed by atoms with Gasteiger partial charge in [-0.2, -0.15) is 13.2 Å². The van der Waals surface area contributed by atoms with E-state index >= 15 is 0 Å². The largest absolute Gasteiger partial charge is 0.416 e. The van der Waals surface area contributed by atoms with Gasteiger partial charge in [-0.25, -0.2) is 0 Å². The SMILES string of the molecule is Cc1cccc2c1NC(=O)C(CCCN1CCN(c3cccc(C(F)(F)F)c3)CC1)S2. The standard InChI is InChI=1S/C23H26F3N3OS/c1-16-5-2-8-19-21(16)27-22(30)20(31-19)9-4-10-28-11-13-29(14-12-28)18-7-3-6-17(15-18)23(24,25)26/h2-3,5-8,15,20H,4,9-14H2,1H3,(H,27,30). The molecule has 1 saturated heterocycles. The van der Waals surface area contributed by atoms with Crippen LogP contribution in [0.5, 0.6) is 0 Å². The molecule has 0 radical (unpaired) electrons. The molecule has 4 nitrogen and oxygen atoms in total. The van der Waals surface area contributed by atoms with Crippen LogP contribution in [0.15, 0.2) is 47.4 Å². The maximum absolute atomic E-state index is 13.0. The van der Waals surface area contributed by atoms with E-state index < -0.39 is 11.7 Å². The maximum atomic E-state index is 13.0. The zero-order valence-electron chi connectivity index (χ0n) is 17.4. The van der Waals surface area contributed by atoms with Crippen LogP contribution in [0.2, 0.25) is 0 Å². The van der Waals surface area contributed by atoms with Crippen molar-refractivity contribution in [3.05, 3.63) is 53.6 Å². The van der Waals surface area contributed by atoms with Gasteiger partial charge in [-0.3, -0.25) is 9.69 Å². The number of carbonyl (C=O) groups excluding carboxylic acids is 1. The predicted molar refractivity (Wildman–Crippen MR) is 119 cm³/mol. The van der Waals surface area contributed by atoms with Gasteiger partial charge in [0.15, 0.2) is 0 Å². The lowest BCUT2D eigenvalue weighted by Crippen LogP contribution is -2.46. The highest BCUT2D eigenvalue weighted by atomic mass is 32.2. The normalized spacial score (nSPS) is 19.8. The van der Waals surface area contributed by atoms with Crippen LogP contribution in [0.4, 0.5) is 24.5 Å². The number of anilines is 2. The van der Waals surface area contributed by atoms with Gasteiger partial charge in [0.1, 0.15) is 0 Å². The first-order chi connectivity index (χ1) is 14.8. The monoisotopic (exact) mass is 449 g/mol. The van der Waals surface area contributed by atoms with E-state index in [1.807, 2.05) is 30.0 Å². The van der Waals surface area contributed by atoms with Crippen molar-refractivity contribution >= 4 is 29.0 Å². The molecule has 2 aromatic carbocycles. The Labute approximate surface area is 184 Å². The molecule has 0 aliphatic carbocycles. The van der Waals surface area contributed by atoms with Gasteiger partial charge in [0, 0.05) is 36.8 Å². The summed E-state index contributed by atoms with van der Waals surface area (Å²) in [6.07, 6.45) is -2.60. The summed E-state index contributed by atoms with van der Waals surface area (Å²) >= 11 is 1.64. The summed E-state index contributed by atoms with van der Waals surface area (Å²) in [5.74, 6) is 0.0705. The summed E-state index contributed by atoms with van der Waals surface area (Å²) in [5, 5.41) is 2.96. The first kappa shape index (κ1) is 22.0. The summed E-state index contributed by atoms with van der Waals surface area (Å²) in [6, 6.07) is 11.6. The molecule has 2 aromatic rings. The minimum Gasteiger partial charge on any atom is -0.369 e. The van der Waals surface area contributed by atoms with Crippen molar-refractivity contribution in [1.82, 2.24) is 4.90 Å². The van der Waals surface area contributed by atoms with E-state index in [2.05, 4.69) is 10.2 Å². The van der Waals surface area contributed by atoms with Gasteiger partial charge in [0.25, 0.3) is 0 Å². The van der Waals surface area contributed by atoms with Crippen molar-refractivity contribution in [1.29, 1.82) is 0 Å². The molecule has 4 rings (SSSR count). The minimum absolute atomic E-state index is 0.0705. The molecule has 1 N–H and O–H groups in total. The molecule has 0 spiro atoms. The third-order valence-corrected chi connectivity index (χ3v) is 7.22. The lowest BCUT2D eigenvalue weighted by Gasteiger charge is -2.36. The van der Waals surface area contributed by atoms with Crippen LogP contribution >= 0.6 is 11.8 Å². The summed E-state index contributed by atoms with van der Waals surface area (Å²) in [5.41, 5.74) is 2.03. The van der Waals surface area contributed by atoms with Gasteiger partial charge in [-0.05, 0) is 56.1 Å². The molecule has 166 valence electrons. The number of thioether (sulfide) groups is 1. The number of carbonyl (C=O) groups is 1. The second-order valence-electron chi connectivity index (χ2n) is 8.06. The first-order valence-corrected chi connectivity index (χ1v) is 11.4. The number of alkyl halides is 3. The van der Waals surface area contributed by atoms with Gasteiger partial charge >= 0.3 is 6.18 Å². The van der Waals surface area contributed by atoms with Crippen LogP contribution in [0, 0.1) is 6.92 Å². The van der Waals surface area contributed by atoms with Gasteiger partial charge in [0.2, 0.25) is 5.91 Å². The summed E-state index contributed by atoms with van der Waals surface area (Å²) in [6.45, 7) is 5.91. The number of aryl methyl sites for hydroxylation is 1. The van der Waals surface area contributed by atoms with Crippen molar-refractivity contribution < 1.29 is 18.0 Å². The van der Waals surface area contributed by atoms with E-state index in [4.69, 9.17) is 0 Å². The molecule has 2 aliphatic rings. The Morgan fingerprint density at radius 1 is 1.10 bits per heavy atom. The summed E-state index contributed by atoms with van der Waals surface area (Å²) in [4.78, 5) is 17.9. The molecule has 0 bridgehead atoms. The van der Waals surface area contributed by atoms with E-state index in [9.17, 15) is 18.0 Å².